The van der Waals surface area contributed by atoms with Gasteiger partial charge in [-0.15, -0.1) is 0 Å². The molecule has 0 radical (unpaired) electrons. The minimum absolute atomic E-state index is 0.701. The zero-order chi connectivity index (χ0) is 11.8. The van der Waals surface area contributed by atoms with Crippen molar-refractivity contribution in [2.45, 2.75) is 45.4 Å². The standard InChI is InChI=1S/C16H20O/c1-11-7-3-4-8-13(11)16-12(2)17-15-10-6-5-9-14(15)16/h5-6,9-11,13H,3-4,7-8H2,1-2H3. The Hall–Kier alpha value is -1.24. The van der Waals surface area contributed by atoms with Crippen LogP contribution in [0.4, 0.5) is 0 Å². The second kappa shape index (κ2) is 4.21. The molecule has 1 aliphatic carbocycles. The number of furan rings is 1. The maximum atomic E-state index is 5.90. The van der Waals surface area contributed by atoms with Gasteiger partial charge < -0.3 is 4.42 Å². The topological polar surface area (TPSA) is 13.1 Å². The maximum Gasteiger partial charge on any atom is 0.134 e. The first-order valence-corrected chi connectivity index (χ1v) is 6.75. The monoisotopic (exact) mass is 228 g/mol. The molecule has 90 valence electrons. The molecule has 0 amide bonds. The van der Waals surface area contributed by atoms with Crippen molar-refractivity contribution in [1.82, 2.24) is 0 Å². The van der Waals surface area contributed by atoms with E-state index in [4.69, 9.17) is 4.42 Å². The van der Waals surface area contributed by atoms with E-state index in [9.17, 15) is 0 Å². The molecule has 1 heteroatoms. The molecule has 1 aromatic carbocycles. The lowest BCUT2D eigenvalue weighted by Crippen LogP contribution is -2.15. The van der Waals surface area contributed by atoms with Gasteiger partial charge in [0, 0.05) is 10.9 Å². The van der Waals surface area contributed by atoms with Crippen molar-refractivity contribution >= 4 is 11.0 Å². The van der Waals surface area contributed by atoms with Crippen molar-refractivity contribution in [2.75, 3.05) is 0 Å². The second-order valence-electron chi connectivity index (χ2n) is 5.44. The predicted octanol–water partition coefficient (Wildman–Crippen LogP) is 5.03. The molecular formula is C16H20O. The van der Waals surface area contributed by atoms with Crippen LogP contribution in [0.2, 0.25) is 0 Å². The van der Waals surface area contributed by atoms with Gasteiger partial charge in [0.25, 0.3) is 0 Å². The van der Waals surface area contributed by atoms with Gasteiger partial charge in [0.05, 0.1) is 0 Å². The van der Waals surface area contributed by atoms with Crippen molar-refractivity contribution in [1.29, 1.82) is 0 Å². The van der Waals surface area contributed by atoms with Crippen LogP contribution in [0.3, 0.4) is 0 Å². The van der Waals surface area contributed by atoms with E-state index >= 15 is 0 Å². The smallest absolute Gasteiger partial charge is 0.134 e. The molecule has 1 nitrogen and oxygen atoms in total. The van der Waals surface area contributed by atoms with E-state index in [1.54, 1.807) is 0 Å². The molecule has 1 aliphatic rings. The average Bonchev–Trinajstić information content (AvgIpc) is 2.66. The van der Waals surface area contributed by atoms with E-state index in [2.05, 4.69) is 38.1 Å². The summed E-state index contributed by atoms with van der Waals surface area (Å²) in [7, 11) is 0. The van der Waals surface area contributed by atoms with Gasteiger partial charge in [-0.3, -0.25) is 0 Å². The van der Waals surface area contributed by atoms with Gasteiger partial charge in [0.2, 0.25) is 0 Å². The van der Waals surface area contributed by atoms with E-state index in [1.165, 1.54) is 36.6 Å². The average molecular weight is 228 g/mol. The summed E-state index contributed by atoms with van der Waals surface area (Å²) in [6, 6.07) is 8.47. The SMILES string of the molecule is Cc1oc2ccccc2c1C1CCCCC1C. The number of aryl methyl sites for hydroxylation is 1. The Kier molecular flexibility index (Phi) is 2.70. The summed E-state index contributed by atoms with van der Waals surface area (Å²) in [6.45, 7) is 4.52. The first-order valence-electron chi connectivity index (χ1n) is 6.75. The van der Waals surface area contributed by atoms with E-state index in [-0.39, 0.29) is 0 Å². The summed E-state index contributed by atoms with van der Waals surface area (Å²) in [4.78, 5) is 0. The van der Waals surface area contributed by atoms with Gasteiger partial charge in [0.15, 0.2) is 0 Å². The maximum absolute atomic E-state index is 5.90. The molecule has 0 bridgehead atoms. The summed E-state index contributed by atoms with van der Waals surface area (Å²) in [6.07, 6.45) is 5.45. The van der Waals surface area contributed by atoms with Crippen LogP contribution in [-0.2, 0) is 0 Å². The first-order chi connectivity index (χ1) is 8.27. The van der Waals surface area contributed by atoms with Crippen molar-refractivity contribution < 1.29 is 4.42 Å². The van der Waals surface area contributed by atoms with Crippen molar-refractivity contribution in [3.05, 3.63) is 35.6 Å². The Bertz CT molecular complexity index is 523. The third-order valence-electron chi connectivity index (χ3n) is 4.30. The zero-order valence-corrected chi connectivity index (χ0v) is 10.7. The zero-order valence-electron chi connectivity index (χ0n) is 10.7. The summed E-state index contributed by atoms with van der Waals surface area (Å²) in [5.74, 6) is 2.63. The van der Waals surface area contributed by atoms with E-state index in [0.717, 1.165) is 17.3 Å². The van der Waals surface area contributed by atoms with Crippen LogP contribution in [0.15, 0.2) is 28.7 Å². The second-order valence-corrected chi connectivity index (χ2v) is 5.44. The molecule has 0 saturated heterocycles. The molecule has 1 heterocycles. The molecule has 1 saturated carbocycles. The fourth-order valence-electron chi connectivity index (χ4n) is 3.39. The molecule has 17 heavy (non-hydrogen) atoms. The predicted molar refractivity (Wildman–Crippen MR) is 71.3 cm³/mol. The van der Waals surface area contributed by atoms with Crippen molar-refractivity contribution in [3.8, 4) is 0 Å². The first kappa shape index (κ1) is 10.9. The van der Waals surface area contributed by atoms with Crippen molar-refractivity contribution in [2.24, 2.45) is 5.92 Å². The molecule has 0 spiro atoms. The molecule has 2 unspecified atom stereocenters. The van der Waals surface area contributed by atoms with Gasteiger partial charge in [-0.05, 0) is 31.2 Å². The number of hydrogen-bond donors (Lipinski definition) is 0. The Morgan fingerprint density at radius 3 is 2.71 bits per heavy atom. The fraction of sp³-hybridized carbons (Fsp3) is 0.500. The largest absolute Gasteiger partial charge is 0.461 e. The van der Waals surface area contributed by atoms with E-state index in [1.807, 2.05) is 0 Å². The van der Waals surface area contributed by atoms with Crippen LogP contribution in [0.25, 0.3) is 11.0 Å². The number of fused-ring (bicyclic) bond motifs is 1. The fourth-order valence-corrected chi connectivity index (χ4v) is 3.39. The quantitative estimate of drug-likeness (QED) is 0.666. The lowest BCUT2D eigenvalue weighted by molar-refractivity contribution is 0.328. The summed E-state index contributed by atoms with van der Waals surface area (Å²) in [5, 5.41) is 1.34. The highest BCUT2D eigenvalue weighted by atomic mass is 16.3. The highest BCUT2D eigenvalue weighted by Gasteiger charge is 2.27. The Morgan fingerprint density at radius 2 is 1.88 bits per heavy atom. The number of benzene rings is 1. The molecule has 2 aromatic rings. The highest BCUT2D eigenvalue weighted by Crippen LogP contribution is 2.42. The Labute approximate surface area is 103 Å². The molecule has 2 atom stereocenters. The van der Waals surface area contributed by atoms with Gasteiger partial charge in [0.1, 0.15) is 11.3 Å². The Morgan fingerprint density at radius 1 is 1.12 bits per heavy atom. The van der Waals surface area contributed by atoms with Crippen LogP contribution >= 0.6 is 0 Å². The molecule has 0 N–H and O–H groups in total. The van der Waals surface area contributed by atoms with E-state index < -0.39 is 0 Å². The van der Waals surface area contributed by atoms with Crippen LogP contribution in [-0.4, -0.2) is 0 Å². The molecule has 3 rings (SSSR count). The summed E-state index contributed by atoms with van der Waals surface area (Å²) < 4.78 is 5.90. The van der Waals surface area contributed by atoms with Gasteiger partial charge >= 0.3 is 0 Å². The normalized spacial score (nSPS) is 25.3. The number of rotatable bonds is 1. The molecular weight excluding hydrogens is 208 g/mol. The number of hydrogen-bond acceptors (Lipinski definition) is 1. The van der Waals surface area contributed by atoms with Crippen LogP contribution in [0.1, 0.15) is 49.8 Å². The third-order valence-corrected chi connectivity index (χ3v) is 4.30. The summed E-state index contributed by atoms with van der Waals surface area (Å²) >= 11 is 0. The minimum Gasteiger partial charge on any atom is -0.461 e. The van der Waals surface area contributed by atoms with Crippen molar-refractivity contribution in [3.63, 3.8) is 0 Å². The summed E-state index contributed by atoms with van der Waals surface area (Å²) in [5.41, 5.74) is 2.53. The molecule has 0 aliphatic heterocycles. The minimum atomic E-state index is 0.701. The van der Waals surface area contributed by atoms with Crippen LogP contribution in [0, 0.1) is 12.8 Å². The lowest BCUT2D eigenvalue weighted by Gasteiger charge is -2.28. The van der Waals surface area contributed by atoms with Gasteiger partial charge in [-0.1, -0.05) is 44.4 Å². The van der Waals surface area contributed by atoms with Gasteiger partial charge in [-0.25, -0.2) is 0 Å². The Balaban J connectivity index is 2.12. The molecule has 1 aromatic heterocycles. The van der Waals surface area contributed by atoms with Gasteiger partial charge in [-0.2, -0.15) is 0 Å². The van der Waals surface area contributed by atoms with Crippen LogP contribution in [0.5, 0.6) is 0 Å². The van der Waals surface area contributed by atoms with E-state index in [0.29, 0.717) is 5.92 Å². The lowest BCUT2D eigenvalue weighted by atomic mass is 9.76. The number of para-hydroxylation sites is 1. The highest BCUT2D eigenvalue weighted by molar-refractivity contribution is 5.82. The van der Waals surface area contributed by atoms with Crippen LogP contribution < -0.4 is 0 Å². The third kappa shape index (κ3) is 1.78. The molecule has 1 fully saturated rings.